The van der Waals surface area contributed by atoms with Crippen molar-refractivity contribution in [3.8, 4) is 0 Å². The predicted molar refractivity (Wildman–Crippen MR) is 81.1 cm³/mol. The van der Waals surface area contributed by atoms with Crippen molar-refractivity contribution < 1.29 is 9.21 Å². The molecule has 0 aliphatic heterocycles. The van der Waals surface area contributed by atoms with Crippen molar-refractivity contribution in [2.75, 3.05) is 6.54 Å². The van der Waals surface area contributed by atoms with Gasteiger partial charge < -0.3 is 15.5 Å². The first-order chi connectivity index (χ1) is 9.58. The van der Waals surface area contributed by atoms with Gasteiger partial charge in [-0.05, 0) is 31.9 Å². The lowest BCUT2D eigenvalue weighted by Gasteiger charge is -2.28. The maximum Gasteiger partial charge on any atom is 0.237 e. The number of furan rings is 1. The summed E-state index contributed by atoms with van der Waals surface area (Å²) in [7, 11) is 0. The van der Waals surface area contributed by atoms with Crippen LogP contribution in [0.25, 0.3) is 0 Å². The van der Waals surface area contributed by atoms with Gasteiger partial charge in [0, 0.05) is 19.0 Å². The number of amides is 1. The minimum atomic E-state index is -0.174. The summed E-state index contributed by atoms with van der Waals surface area (Å²) in [6.07, 6.45) is 4.55. The van der Waals surface area contributed by atoms with Crippen LogP contribution in [-0.4, -0.2) is 34.4 Å². The Labute approximate surface area is 124 Å². The first kappa shape index (κ1) is 15.0. The molecule has 1 aliphatic carbocycles. The highest BCUT2D eigenvalue weighted by atomic mass is 32.1. The zero-order valence-corrected chi connectivity index (χ0v) is 12.5. The second-order valence-electron chi connectivity index (χ2n) is 5.16. The molecule has 1 saturated carbocycles. The lowest BCUT2D eigenvalue weighted by atomic mass is 10.2. The third-order valence-corrected chi connectivity index (χ3v) is 3.73. The maximum absolute atomic E-state index is 12.2. The molecule has 1 heterocycles. The molecule has 1 unspecified atom stereocenters. The molecule has 2 rings (SSSR count). The Morgan fingerprint density at radius 2 is 2.40 bits per heavy atom. The van der Waals surface area contributed by atoms with Crippen molar-refractivity contribution >= 4 is 23.1 Å². The molecule has 6 heteroatoms. The van der Waals surface area contributed by atoms with Crippen molar-refractivity contribution in [3.63, 3.8) is 0 Å². The minimum Gasteiger partial charge on any atom is -0.467 e. The van der Waals surface area contributed by atoms with Crippen LogP contribution in [0.4, 0.5) is 0 Å². The lowest BCUT2D eigenvalue weighted by molar-refractivity contribution is -0.126. The molecule has 1 fully saturated rings. The zero-order valence-electron chi connectivity index (χ0n) is 11.7. The van der Waals surface area contributed by atoms with Crippen LogP contribution < -0.4 is 11.1 Å². The molecule has 1 aromatic rings. The quantitative estimate of drug-likeness (QED) is 0.710. The Kier molecular flexibility index (Phi) is 5.14. The maximum atomic E-state index is 12.2. The Morgan fingerprint density at radius 3 is 2.95 bits per heavy atom. The predicted octanol–water partition coefficient (Wildman–Crippen LogP) is 1.42. The van der Waals surface area contributed by atoms with Crippen molar-refractivity contribution in [2.24, 2.45) is 5.73 Å². The largest absolute Gasteiger partial charge is 0.467 e. The fourth-order valence-electron chi connectivity index (χ4n) is 2.22. The van der Waals surface area contributed by atoms with E-state index in [1.54, 1.807) is 6.26 Å². The molecule has 5 nitrogen and oxygen atoms in total. The summed E-state index contributed by atoms with van der Waals surface area (Å²) in [5, 5.41) is 2.90. The summed E-state index contributed by atoms with van der Waals surface area (Å²) in [6, 6.07) is 3.97. The van der Waals surface area contributed by atoms with Gasteiger partial charge in [0.05, 0.1) is 23.8 Å². The van der Waals surface area contributed by atoms with Crippen LogP contribution in [0.2, 0.25) is 0 Å². The average Bonchev–Trinajstić information content (AvgIpc) is 3.11. The molecule has 1 amide bonds. The van der Waals surface area contributed by atoms with Crippen LogP contribution in [0.1, 0.15) is 31.9 Å². The van der Waals surface area contributed by atoms with Crippen LogP contribution in [-0.2, 0) is 11.3 Å². The van der Waals surface area contributed by atoms with E-state index in [1.165, 1.54) is 0 Å². The van der Waals surface area contributed by atoms with E-state index in [0.29, 0.717) is 24.0 Å². The molecule has 1 atom stereocenters. The Morgan fingerprint density at radius 1 is 1.65 bits per heavy atom. The third-order valence-electron chi connectivity index (χ3n) is 3.53. The summed E-state index contributed by atoms with van der Waals surface area (Å²) >= 11 is 4.92. The van der Waals surface area contributed by atoms with Gasteiger partial charge in [0.25, 0.3) is 0 Å². The van der Waals surface area contributed by atoms with E-state index in [9.17, 15) is 4.79 Å². The van der Waals surface area contributed by atoms with Gasteiger partial charge in [-0.1, -0.05) is 12.2 Å². The second-order valence-corrected chi connectivity index (χ2v) is 5.68. The molecule has 0 saturated heterocycles. The zero-order chi connectivity index (χ0) is 14.5. The first-order valence-electron chi connectivity index (χ1n) is 6.92. The SMILES string of the molecule is CC(C(=O)NCc1ccco1)N(CCC(N)=S)C1CC1. The molecular formula is C14H21N3O2S. The van der Waals surface area contributed by atoms with Crippen molar-refractivity contribution in [1.82, 2.24) is 10.2 Å². The number of nitrogens with two attached hydrogens (primary N) is 1. The number of thiocarbonyl (C=S) groups is 1. The lowest BCUT2D eigenvalue weighted by Crippen LogP contribution is -2.46. The summed E-state index contributed by atoms with van der Waals surface area (Å²) < 4.78 is 5.20. The van der Waals surface area contributed by atoms with E-state index < -0.39 is 0 Å². The molecular weight excluding hydrogens is 274 g/mol. The number of carbonyl (C=O) groups excluding carboxylic acids is 1. The number of hydrogen-bond donors (Lipinski definition) is 2. The molecule has 1 aromatic heterocycles. The highest BCUT2D eigenvalue weighted by Crippen LogP contribution is 2.28. The van der Waals surface area contributed by atoms with Crippen molar-refractivity contribution in [1.29, 1.82) is 0 Å². The number of nitrogens with one attached hydrogen (secondary N) is 1. The smallest absolute Gasteiger partial charge is 0.237 e. The summed E-state index contributed by atoms with van der Waals surface area (Å²) in [4.78, 5) is 14.9. The molecule has 3 N–H and O–H groups in total. The number of hydrogen-bond acceptors (Lipinski definition) is 4. The first-order valence-corrected chi connectivity index (χ1v) is 7.33. The minimum absolute atomic E-state index is 0.0104. The Balaban J connectivity index is 1.84. The standard InChI is InChI=1S/C14H21N3O2S/c1-10(14(18)16-9-12-3-2-8-19-12)17(11-4-5-11)7-6-13(15)20/h2-3,8,10-11H,4-7,9H2,1H3,(H2,15,20)(H,16,18). The summed E-state index contributed by atoms with van der Waals surface area (Å²) in [5.41, 5.74) is 5.55. The summed E-state index contributed by atoms with van der Waals surface area (Å²) in [6.45, 7) is 3.09. The van der Waals surface area contributed by atoms with Gasteiger partial charge in [0.1, 0.15) is 5.76 Å². The molecule has 0 radical (unpaired) electrons. The highest BCUT2D eigenvalue weighted by Gasteiger charge is 2.34. The van der Waals surface area contributed by atoms with Crippen molar-refractivity contribution in [2.45, 2.75) is 44.8 Å². The number of rotatable bonds is 8. The van der Waals surface area contributed by atoms with Crippen LogP contribution in [0.5, 0.6) is 0 Å². The van der Waals surface area contributed by atoms with Gasteiger partial charge in [-0.15, -0.1) is 0 Å². The van der Waals surface area contributed by atoms with Crippen LogP contribution in [0.3, 0.4) is 0 Å². The van der Waals surface area contributed by atoms with Crippen LogP contribution in [0.15, 0.2) is 22.8 Å². The van der Waals surface area contributed by atoms with Gasteiger partial charge >= 0.3 is 0 Å². The second kappa shape index (κ2) is 6.85. The monoisotopic (exact) mass is 295 g/mol. The molecule has 20 heavy (non-hydrogen) atoms. The van der Waals surface area contributed by atoms with E-state index >= 15 is 0 Å². The molecule has 1 aliphatic rings. The Bertz CT molecular complexity index is 457. The van der Waals surface area contributed by atoms with E-state index in [1.807, 2.05) is 19.1 Å². The fraction of sp³-hybridized carbons (Fsp3) is 0.571. The number of nitrogens with zero attached hydrogens (tertiary/aromatic N) is 1. The molecule has 0 spiro atoms. The van der Waals surface area contributed by atoms with Gasteiger partial charge in [-0.2, -0.15) is 0 Å². The van der Waals surface area contributed by atoms with Gasteiger partial charge in [-0.25, -0.2) is 0 Å². The van der Waals surface area contributed by atoms with E-state index in [0.717, 1.165) is 25.1 Å². The number of carbonyl (C=O) groups is 1. The van der Waals surface area contributed by atoms with Crippen LogP contribution in [0, 0.1) is 0 Å². The highest BCUT2D eigenvalue weighted by molar-refractivity contribution is 7.80. The molecule has 110 valence electrons. The third kappa shape index (κ3) is 4.31. The summed E-state index contributed by atoms with van der Waals surface area (Å²) in [5.74, 6) is 0.767. The van der Waals surface area contributed by atoms with Crippen molar-refractivity contribution in [3.05, 3.63) is 24.2 Å². The molecule has 0 bridgehead atoms. The van der Waals surface area contributed by atoms with Gasteiger partial charge in [-0.3, -0.25) is 9.69 Å². The topological polar surface area (TPSA) is 71.5 Å². The van der Waals surface area contributed by atoms with E-state index in [2.05, 4.69) is 10.2 Å². The van der Waals surface area contributed by atoms with Crippen LogP contribution >= 0.6 is 12.2 Å². The van der Waals surface area contributed by atoms with Gasteiger partial charge in [0.15, 0.2) is 0 Å². The normalized spacial score (nSPS) is 16.1. The van der Waals surface area contributed by atoms with E-state index in [-0.39, 0.29) is 11.9 Å². The van der Waals surface area contributed by atoms with Gasteiger partial charge in [0.2, 0.25) is 5.91 Å². The van der Waals surface area contributed by atoms with E-state index in [4.69, 9.17) is 22.4 Å². The Hall–Kier alpha value is -1.40. The fourth-order valence-corrected chi connectivity index (χ4v) is 2.31. The average molecular weight is 295 g/mol. The molecule has 0 aromatic carbocycles.